The van der Waals surface area contributed by atoms with E-state index in [4.69, 9.17) is 0 Å². The average molecular weight is 302 g/mol. The van der Waals surface area contributed by atoms with Gasteiger partial charge in [-0.25, -0.2) is 4.79 Å². The fraction of sp³-hybridized carbons (Fsp3) is 0.385. The highest BCUT2D eigenvalue weighted by Gasteiger charge is 2.29. The van der Waals surface area contributed by atoms with Crippen LogP contribution in [0, 0.1) is 0 Å². The molecule has 0 heterocycles. The molecule has 2 N–H and O–H groups in total. The normalized spacial score (nSPS) is 14.4. The van der Waals surface area contributed by atoms with Crippen LogP contribution in [0.4, 0.5) is 23.7 Å². The van der Waals surface area contributed by atoms with Gasteiger partial charge in [0.25, 0.3) is 5.91 Å². The molecule has 1 fully saturated rings. The summed E-state index contributed by atoms with van der Waals surface area (Å²) in [5.74, 6) is -0.287. The highest BCUT2D eigenvalue weighted by atomic mass is 19.4. The number of hydrogen-bond donors (Lipinski definition) is 2. The maximum atomic E-state index is 11.9. The molecular formula is C13H13F3N2O3. The predicted molar refractivity (Wildman–Crippen MR) is 68.0 cm³/mol. The molecule has 2 rings (SSSR count). The zero-order valence-electron chi connectivity index (χ0n) is 10.9. The van der Waals surface area contributed by atoms with Gasteiger partial charge in [-0.05, 0) is 31.0 Å². The van der Waals surface area contributed by atoms with Crippen LogP contribution in [0.3, 0.4) is 0 Å². The van der Waals surface area contributed by atoms with E-state index in [9.17, 15) is 22.8 Å². The largest absolute Gasteiger partial charge is 0.440 e. The summed E-state index contributed by atoms with van der Waals surface area (Å²) in [5, 5.41) is 4.90. The van der Waals surface area contributed by atoms with Gasteiger partial charge in [-0.1, -0.05) is 6.07 Å². The van der Waals surface area contributed by atoms with Crippen LogP contribution in [0.25, 0.3) is 0 Å². The maximum Gasteiger partial charge on any atom is 0.422 e. The van der Waals surface area contributed by atoms with Crippen molar-refractivity contribution in [1.29, 1.82) is 0 Å². The summed E-state index contributed by atoms with van der Waals surface area (Å²) in [6.07, 6.45) is -3.93. The van der Waals surface area contributed by atoms with Gasteiger partial charge in [-0.15, -0.1) is 0 Å². The molecule has 2 amide bonds. The van der Waals surface area contributed by atoms with Crippen LogP contribution in [-0.4, -0.2) is 30.8 Å². The quantitative estimate of drug-likeness (QED) is 0.898. The van der Waals surface area contributed by atoms with Crippen molar-refractivity contribution in [3.8, 4) is 0 Å². The second-order valence-corrected chi connectivity index (χ2v) is 4.64. The number of nitrogens with one attached hydrogen (secondary N) is 2. The molecule has 1 aliphatic rings. The first kappa shape index (κ1) is 15.1. The number of benzene rings is 1. The van der Waals surface area contributed by atoms with Gasteiger partial charge in [0.15, 0.2) is 6.61 Å². The third-order valence-corrected chi connectivity index (χ3v) is 2.65. The maximum absolute atomic E-state index is 11.9. The number of amides is 2. The van der Waals surface area contributed by atoms with Crippen molar-refractivity contribution < 1.29 is 27.5 Å². The third-order valence-electron chi connectivity index (χ3n) is 2.65. The molecule has 0 aromatic heterocycles. The number of rotatable bonds is 4. The molecule has 0 bridgehead atoms. The Morgan fingerprint density at radius 3 is 2.62 bits per heavy atom. The lowest BCUT2D eigenvalue weighted by Crippen LogP contribution is -2.26. The van der Waals surface area contributed by atoms with E-state index in [1.54, 1.807) is 6.07 Å². The standard InChI is InChI=1S/C13H13F3N2O3/c14-13(15,16)7-21-12(20)18-10-3-1-2-8(6-10)11(19)17-9-4-5-9/h1-3,6,9H,4-5,7H2,(H,17,19)(H,18,20). The summed E-state index contributed by atoms with van der Waals surface area (Å²) in [6.45, 7) is -1.67. The number of carbonyl (C=O) groups is 2. The molecule has 5 nitrogen and oxygen atoms in total. The summed E-state index contributed by atoms with van der Waals surface area (Å²) in [7, 11) is 0. The highest BCUT2D eigenvalue weighted by molar-refractivity contribution is 5.96. The van der Waals surface area contributed by atoms with Crippen molar-refractivity contribution in [2.45, 2.75) is 25.1 Å². The Morgan fingerprint density at radius 2 is 2.00 bits per heavy atom. The van der Waals surface area contributed by atoms with Gasteiger partial charge in [-0.3, -0.25) is 10.1 Å². The van der Waals surface area contributed by atoms with Gasteiger partial charge in [0, 0.05) is 17.3 Å². The van der Waals surface area contributed by atoms with Crippen molar-refractivity contribution in [1.82, 2.24) is 5.32 Å². The molecule has 0 aliphatic heterocycles. The van der Waals surface area contributed by atoms with Crippen LogP contribution in [0.2, 0.25) is 0 Å². The SMILES string of the molecule is O=C(Nc1cccc(C(=O)NC2CC2)c1)OCC(F)(F)F. The molecule has 0 unspecified atom stereocenters. The topological polar surface area (TPSA) is 67.4 Å². The summed E-state index contributed by atoms with van der Waals surface area (Å²) in [4.78, 5) is 23.0. The van der Waals surface area contributed by atoms with Gasteiger partial charge in [0.1, 0.15) is 0 Å². The first-order valence-corrected chi connectivity index (χ1v) is 6.25. The van der Waals surface area contributed by atoms with Crippen LogP contribution >= 0.6 is 0 Å². The number of alkyl halides is 3. The molecule has 1 aromatic rings. The molecule has 1 saturated carbocycles. The summed E-state index contributed by atoms with van der Waals surface area (Å²) in [5.41, 5.74) is 0.501. The minimum atomic E-state index is -4.58. The number of anilines is 1. The fourth-order valence-electron chi connectivity index (χ4n) is 1.54. The molecular weight excluding hydrogens is 289 g/mol. The van der Waals surface area contributed by atoms with E-state index in [0.717, 1.165) is 12.8 Å². The Balaban J connectivity index is 1.90. The molecule has 0 saturated heterocycles. The molecule has 1 aromatic carbocycles. The van der Waals surface area contributed by atoms with Crippen LogP contribution in [0.1, 0.15) is 23.2 Å². The van der Waals surface area contributed by atoms with E-state index < -0.39 is 18.9 Å². The van der Waals surface area contributed by atoms with Gasteiger partial charge >= 0.3 is 12.3 Å². The van der Waals surface area contributed by atoms with Crippen molar-refractivity contribution in [2.75, 3.05) is 11.9 Å². The van der Waals surface area contributed by atoms with E-state index in [0.29, 0.717) is 5.56 Å². The molecule has 8 heteroatoms. The first-order valence-electron chi connectivity index (χ1n) is 6.25. The Bertz CT molecular complexity index is 542. The molecule has 114 valence electrons. The van der Waals surface area contributed by atoms with Crippen LogP contribution in [-0.2, 0) is 4.74 Å². The zero-order valence-corrected chi connectivity index (χ0v) is 10.9. The monoisotopic (exact) mass is 302 g/mol. The van der Waals surface area contributed by atoms with Gasteiger partial charge in [0.05, 0.1) is 0 Å². The van der Waals surface area contributed by atoms with E-state index in [1.807, 2.05) is 0 Å². The van der Waals surface area contributed by atoms with Gasteiger partial charge < -0.3 is 10.1 Å². The number of hydrogen-bond acceptors (Lipinski definition) is 3. The van der Waals surface area contributed by atoms with E-state index >= 15 is 0 Å². The van der Waals surface area contributed by atoms with Gasteiger partial charge in [0.2, 0.25) is 0 Å². The van der Waals surface area contributed by atoms with E-state index in [1.165, 1.54) is 18.2 Å². The second kappa shape index (κ2) is 6.02. The van der Waals surface area contributed by atoms with Crippen molar-refractivity contribution in [2.24, 2.45) is 0 Å². The third kappa shape index (κ3) is 5.33. The molecule has 1 aliphatic carbocycles. The van der Waals surface area contributed by atoms with E-state index in [2.05, 4.69) is 15.4 Å². The smallest absolute Gasteiger partial charge is 0.422 e. The first-order chi connectivity index (χ1) is 9.83. The molecule has 0 spiro atoms. The van der Waals surface area contributed by atoms with Crippen molar-refractivity contribution in [3.63, 3.8) is 0 Å². The predicted octanol–water partition coefficient (Wildman–Crippen LogP) is 2.69. The number of carbonyl (C=O) groups excluding carboxylic acids is 2. The molecule has 0 atom stereocenters. The lowest BCUT2D eigenvalue weighted by Gasteiger charge is -2.10. The van der Waals surface area contributed by atoms with E-state index in [-0.39, 0.29) is 17.6 Å². The number of ether oxygens (including phenoxy) is 1. The van der Waals surface area contributed by atoms with Crippen molar-refractivity contribution >= 4 is 17.7 Å². The lowest BCUT2D eigenvalue weighted by molar-refractivity contribution is -0.159. The van der Waals surface area contributed by atoms with Crippen LogP contribution < -0.4 is 10.6 Å². The zero-order chi connectivity index (χ0) is 15.5. The summed E-state index contributed by atoms with van der Waals surface area (Å²) < 4.78 is 39.7. The summed E-state index contributed by atoms with van der Waals surface area (Å²) >= 11 is 0. The Morgan fingerprint density at radius 1 is 1.29 bits per heavy atom. The molecule has 0 radical (unpaired) electrons. The average Bonchev–Trinajstić information content (AvgIpc) is 3.20. The fourth-order valence-corrected chi connectivity index (χ4v) is 1.54. The Hall–Kier alpha value is -2.25. The molecule has 21 heavy (non-hydrogen) atoms. The second-order valence-electron chi connectivity index (χ2n) is 4.64. The number of halogens is 3. The highest BCUT2D eigenvalue weighted by Crippen LogP contribution is 2.20. The van der Waals surface area contributed by atoms with Gasteiger partial charge in [-0.2, -0.15) is 13.2 Å². The minimum Gasteiger partial charge on any atom is -0.440 e. The van der Waals surface area contributed by atoms with Crippen LogP contribution in [0.5, 0.6) is 0 Å². The Labute approximate surface area is 118 Å². The lowest BCUT2D eigenvalue weighted by atomic mass is 10.2. The van der Waals surface area contributed by atoms with Crippen LogP contribution in [0.15, 0.2) is 24.3 Å². The summed E-state index contributed by atoms with van der Waals surface area (Å²) in [6, 6.07) is 6.06. The minimum absolute atomic E-state index is 0.186. The Kier molecular flexibility index (Phi) is 4.35. The van der Waals surface area contributed by atoms with Crippen molar-refractivity contribution in [3.05, 3.63) is 29.8 Å².